The smallest absolute Gasteiger partial charge is 0.325 e. The molecule has 27 heavy (non-hydrogen) atoms. The van der Waals surface area contributed by atoms with Gasteiger partial charge in [-0.2, -0.15) is 13.2 Å². The van der Waals surface area contributed by atoms with Crippen LogP contribution in [-0.2, 0) is 14.8 Å². The molecule has 0 bridgehead atoms. The van der Waals surface area contributed by atoms with Crippen LogP contribution in [0, 0.1) is 0 Å². The first kappa shape index (κ1) is 21.5. The lowest BCUT2D eigenvalue weighted by molar-refractivity contribution is -0.121. The molecule has 0 aliphatic carbocycles. The largest absolute Gasteiger partial charge is 0.402 e. The van der Waals surface area contributed by atoms with Crippen LogP contribution in [0.15, 0.2) is 58.3 Å². The summed E-state index contributed by atoms with van der Waals surface area (Å²) in [5.41, 5.74) is 0.325. The summed E-state index contributed by atoms with van der Waals surface area (Å²) in [4.78, 5) is 12.5. The number of benzene rings is 2. The Labute approximate surface area is 163 Å². The Morgan fingerprint density at radius 1 is 1.04 bits per heavy atom. The summed E-state index contributed by atoms with van der Waals surface area (Å²) in [6.45, 7) is -1.66. The first-order valence-corrected chi connectivity index (χ1v) is 10.2. The number of anilines is 1. The topological polar surface area (TPSA) is 75.3 Å². The van der Waals surface area contributed by atoms with Crippen molar-refractivity contribution in [2.75, 3.05) is 17.6 Å². The Morgan fingerprint density at radius 3 is 2.19 bits per heavy atom. The molecule has 11 heteroatoms. The summed E-state index contributed by atoms with van der Waals surface area (Å²) in [5.74, 6) is -0.199. The fraction of sp³-hybridized carbons (Fsp3) is 0.188. The van der Waals surface area contributed by atoms with Crippen molar-refractivity contribution in [2.24, 2.45) is 0 Å². The molecular weight excluding hydrogens is 425 g/mol. The summed E-state index contributed by atoms with van der Waals surface area (Å²) in [6, 6.07) is 11.8. The van der Waals surface area contributed by atoms with E-state index in [1.807, 2.05) is 0 Å². The number of amides is 1. The van der Waals surface area contributed by atoms with E-state index in [2.05, 4.69) is 5.32 Å². The predicted octanol–water partition coefficient (Wildman–Crippen LogP) is 3.91. The Bertz CT molecular complexity index is 887. The van der Waals surface area contributed by atoms with Crippen LogP contribution in [0.4, 0.5) is 18.9 Å². The molecule has 0 aliphatic rings. The van der Waals surface area contributed by atoms with Gasteiger partial charge in [0.25, 0.3) is 0 Å². The normalized spacial score (nSPS) is 12.0. The summed E-state index contributed by atoms with van der Waals surface area (Å²) in [6.07, 6.45) is -4.65. The maximum atomic E-state index is 12.1. The third kappa shape index (κ3) is 7.41. The molecule has 0 heterocycles. The molecule has 0 saturated carbocycles. The quantitative estimate of drug-likeness (QED) is 0.643. The van der Waals surface area contributed by atoms with Gasteiger partial charge in [0, 0.05) is 15.6 Å². The summed E-state index contributed by atoms with van der Waals surface area (Å²) < 4.78 is 61.5. The second kappa shape index (κ2) is 8.96. The Hall–Kier alpha value is -1.75. The van der Waals surface area contributed by atoms with Crippen LogP contribution in [0.25, 0.3) is 0 Å². The van der Waals surface area contributed by atoms with Crippen molar-refractivity contribution in [3.05, 3.63) is 53.6 Å². The van der Waals surface area contributed by atoms with E-state index in [0.717, 1.165) is 17.0 Å². The van der Waals surface area contributed by atoms with Crippen LogP contribution in [0.3, 0.4) is 0 Å². The number of hydrogen-bond acceptors (Lipinski definition) is 4. The van der Waals surface area contributed by atoms with E-state index in [-0.39, 0.29) is 16.6 Å². The molecule has 0 spiro atoms. The van der Waals surface area contributed by atoms with E-state index in [9.17, 15) is 26.4 Å². The molecule has 1 amide bonds. The van der Waals surface area contributed by atoms with Crippen molar-refractivity contribution in [3.63, 3.8) is 0 Å². The van der Waals surface area contributed by atoms with Gasteiger partial charge in [-0.15, -0.1) is 11.8 Å². The lowest BCUT2D eigenvalue weighted by Gasteiger charge is -2.10. The molecule has 0 aliphatic heterocycles. The number of thioether (sulfide) groups is 1. The molecule has 0 radical (unpaired) electrons. The van der Waals surface area contributed by atoms with Crippen LogP contribution >= 0.6 is 23.4 Å². The van der Waals surface area contributed by atoms with Crippen LogP contribution in [-0.4, -0.2) is 32.8 Å². The third-order valence-electron chi connectivity index (χ3n) is 3.09. The highest BCUT2D eigenvalue weighted by Crippen LogP contribution is 2.21. The van der Waals surface area contributed by atoms with Gasteiger partial charge < -0.3 is 5.32 Å². The zero-order chi connectivity index (χ0) is 20.1. The van der Waals surface area contributed by atoms with Crippen LogP contribution < -0.4 is 10.0 Å². The fourth-order valence-electron chi connectivity index (χ4n) is 1.85. The molecule has 0 aromatic heterocycles. The van der Waals surface area contributed by atoms with E-state index < -0.39 is 22.7 Å². The zero-order valence-corrected chi connectivity index (χ0v) is 16.0. The molecule has 5 nitrogen and oxygen atoms in total. The van der Waals surface area contributed by atoms with Gasteiger partial charge >= 0.3 is 6.18 Å². The molecule has 0 atom stereocenters. The van der Waals surface area contributed by atoms with Gasteiger partial charge in [-0.3, -0.25) is 4.79 Å². The first-order valence-electron chi connectivity index (χ1n) is 7.40. The number of sulfonamides is 1. The minimum Gasteiger partial charge on any atom is -0.325 e. The van der Waals surface area contributed by atoms with Gasteiger partial charge in [0.1, 0.15) is 6.54 Å². The molecule has 0 fully saturated rings. The Morgan fingerprint density at radius 2 is 1.63 bits per heavy atom. The first-order chi connectivity index (χ1) is 12.5. The van der Waals surface area contributed by atoms with Gasteiger partial charge in [-0.05, 0) is 48.5 Å². The van der Waals surface area contributed by atoms with Crippen molar-refractivity contribution in [3.8, 4) is 0 Å². The molecular formula is C16H14ClF3N2O3S2. The maximum absolute atomic E-state index is 12.1. The number of hydrogen-bond donors (Lipinski definition) is 2. The number of carbonyl (C=O) groups is 1. The number of nitrogens with one attached hydrogen (secondary N) is 2. The molecule has 2 N–H and O–H groups in total. The number of rotatable bonds is 7. The standard InChI is InChI=1S/C16H14ClF3N2O3S2/c17-11-1-5-13(6-2-11)26-9-15(23)22-12-3-7-14(8-4-12)27(24,25)21-10-16(18,19)20/h1-8,21H,9-10H2,(H,22,23). The molecule has 2 aromatic carbocycles. The van der Waals surface area contributed by atoms with Gasteiger partial charge in [0.15, 0.2) is 0 Å². The average Bonchev–Trinajstić information content (AvgIpc) is 2.60. The van der Waals surface area contributed by atoms with Gasteiger partial charge in [-0.25, -0.2) is 13.1 Å². The number of alkyl halides is 3. The van der Waals surface area contributed by atoms with Crippen LogP contribution in [0.1, 0.15) is 0 Å². The number of halogens is 4. The maximum Gasteiger partial charge on any atom is 0.402 e. The van der Waals surface area contributed by atoms with Gasteiger partial charge in [-0.1, -0.05) is 11.6 Å². The zero-order valence-electron chi connectivity index (χ0n) is 13.6. The Kier molecular flexibility index (Phi) is 7.15. The van der Waals surface area contributed by atoms with E-state index in [4.69, 9.17) is 11.6 Å². The van der Waals surface area contributed by atoms with Crippen molar-refractivity contribution in [2.45, 2.75) is 16.0 Å². The summed E-state index contributed by atoms with van der Waals surface area (Å²) >= 11 is 7.07. The predicted molar refractivity (Wildman–Crippen MR) is 98.5 cm³/mol. The lowest BCUT2D eigenvalue weighted by Crippen LogP contribution is -2.33. The lowest BCUT2D eigenvalue weighted by atomic mass is 10.3. The fourth-order valence-corrected chi connectivity index (χ4v) is 3.69. The van der Waals surface area contributed by atoms with E-state index in [1.54, 1.807) is 24.3 Å². The monoisotopic (exact) mass is 438 g/mol. The van der Waals surface area contributed by atoms with E-state index in [1.165, 1.54) is 28.6 Å². The van der Waals surface area contributed by atoms with Gasteiger partial charge in [0.2, 0.25) is 15.9 Å². The highest BCUT2D eigenvalue weighted by atomic mass is 35.5. The van der Waals surface area contributed by atoms with E-state index in [0.29, 0.717) is 10.7 Å². The summed E-state index contributed by atoms with van der Waals surface area (Å²) in [5, 5.41) is 3.16. The Balaban J connectivity index is 1.90. The van der Waals surface area contributed by atoms with Crippen LogP contribution in [0.2, 0.25) is 5.02 Å². The van der Waals surface area contributed by atoms with E-state index >= 15 is 0 Å². The van der Waals surface area contributed by atoms with Crippen molar-refractivity contribution >= 4 is 45.0 Å². The minimum atomic E-state index is -4.65. The highest BCUT2D eigenvalue weighted by molar-refractivity contribution is 8.00. The SMILES string of the molecule is O=C(CSc1ccc(Cl)cc1)Nc1ccc(S(=O)(=O)NCC(F)(F)F)cc1. The molecule has 2 aromatic rings. The average molecular weight is 439 g/mol. The molecule has 146 valence electrons. The minimum absolute atomic E-state index is 0.120. The second-order valence-electron chi connectivity index (χ2n) is 5.25. The summed E-state index contributed by atoms with van der Waals surface area (Å²) in [7, 11) is -4.29. The third-order valence-corrected chi connectivity index (χ3v) is 5.78. The number of carbonyl (C=O) groups excluding carboxylic acids is 1. The highest BCUT2D eigenvalue weighted by Gasteiger charge is 2.30. The van der Waals surface area contributed by atoms with Crippen LogP contribution in [0.5, 0.6) is 0 Å². The van der Waals surface area contributed by atoms with Crippen molar-refractivity contribution < 1.29 is 26.4 Å². The molecule has 0 unspecified atom stereocenters. The molecule has 0 saturated heterocycles. The van der Waals surface area contributed by atoms with Gasteiger partial charge in [0.05, 0.1) is 10.6 Å². The second-order valence-corrected chi connectivity index (χ2v) is 8.51. The molecule has 2 rings (SSSR count). The van der Waals surface area contributed by atoms with Crippen molar-refractivity contribution in [1.29, 1.82) is 0 Å². The van der Waals surface area contributed by atoms with Crippen molar-refractivity contribution in [1.82, 2.24) is 4.72 Å².